The zero-order valence-electron chi connectivity index (χ0n) is 8.79. The van der Waals surface area contributed by atoms with Gasteiger partial charge in [-0.1, -0.05) is 0 Å². The number of ether oxygens (including phenoxy) is 1. The van der Waals surface area contributed by atoms with E-state index in [4.69, 9.17) is 15.0 Å². The van der Waals surface area contributed by atoms with Crippen molar-refractivity contribution in [2.24, 2.45) is 11.1 Å². The highest BCUT2D eigenvalue weighted by Crippen LogP contribution is 2.29. The van der Waals surface area contributed by atoms with Gasteiger partial charge in [0, 0.05) is 0 Å². The third kappa shape index (κ3) is 2.40. The van der Waals surface area contributed by atoms with Crippen LogP contribution in [0.1, 0.15) is 5.56 Å². The lowest BCUT2D eigenvalue weighted by atomic mass is 9.97. The molecule has 0 bridgehead atoms. The van der Waals surface area contributed by atoms with Crippen LogP contribution in [-0.4, -0.2) is 26.1 Å². The third-order valence-electron chi connectivity index (χ3n) is 2.62. The first-order valence-electron chi connectivity index (χ1n) is 4.89. The Kier molecular flexibility index (Phi) is 2.80. The van der Waals surface area contributed by atoms with Crippen LogP contribution in [0.4, 0.5) is 0 Å². The second kappa shape index (κ2) is 4.01. The number of sulfonamides is 1. The van der Waals surface area contributed by atoms with Gasteiger partial charge < -0.3 is 9.84 Å². The fourth-order valence-electron chi connectivity index (χ4n) is 1.71. The minimum atomic E-state index is -3.78. The monoisotopic (exact) mass is 257 g/mol. The minimum Gasteiger partial charge on any atom is -0.492 e. The molecule has 0 unspecified atom stereocenters. The van der Waals surface area contributed by atoms with Crippen LogP contribution in [0.25, 0.3) is 0 Å². The maximum Gasteiger partial charge on any atom is 0.310 e. The maximum atomic E-state index is 11.2. The van der Waals surface area contributed by atoms with E-state index >= 15 is 0 Å². The van der Waals surface area contributed by atoms with Crippen LogP contribution in [0.15, 0.2) is 23.1 Å². The topological polar surface area (TPSA) is 107 Å². The van der Waals surface area contributed by atoms with E-state index in [1.807, 2.05) is 0 Å². The van der Waals surface area contributed by atoms with E-state index in [-0.39, 0.29) is 17.9 Å². The Morgan fingerprint density at radius 2 is 2.18 bits per heavy atom. The van der Waals surface area contributed by atoms with Gasteiger partial charge in [0.15, 0.2) is 0 Å². The molecule has 0 saturated heterocycles. The number of carboxylic acids is 1. The Hall–Kier alpha value is -1.60. The summed E-state index contributed by atoms with van der Waals surface area (Å²) in [7, 11) is -3.78. The van der Waals surface area contributed by atoms with Crippen LogP contribution in [-0.2, 0) is 21.2 Å². The van der Waals surface area contributed by atoms with Gasteiger partial charge >= 0.3 is 5.97 Å². The van der Waals surface area contributed by atoms with E-state index < -0.39 is 21.9 Å². The van der Waals surface area contributed by atoms with E-state index in [1.165, 1.54) is 18.2 Å². The average Bonchev–Trinajstić information content (AvgIpc) is 2.26. The van der Waals surface area contributed by atoms with Crippen molar-refractivity contribution in [3.05, 3.63) is 23.8 Å². The molecule has 1 heterocycles. The first kappa shape index (κ1) is 11.9. The summed E-state index contributed by atoms with van der Waals surface area (Å²) in [5.74, 6) is -1.11. The van der Waals surface area contributed by atoms with E-state index in [0.717, 1.165) is 0 Å². The molecule has 0 aromatic heterocycles. The molecule has 1 atom stereocenters. The molecule has 0 aliphatic carbocycles. The number of benzene rings is 1. The summed E-state index contributed by atoms with van der Waals surface area (Å²) < 4.78 is 27.6. The smallest absolute Gasteiger partial charge is 0.310 e. The lowest BCUT2D eigenvalue weighted by molar-refractivity contribution is -0.143. The molecule has 0 spiro atoms. The SMILES string of the molecule is NS(=O)(=O)c1ccc2c(c1)C[C@H](C(=O)O)CO2. The Bertz CT molecular complexity index is 566. The standard InChI is InChI=1S/C10H11NO5S/c11-17(14,15)8-1-2-9-6(4-8)3-7(5-16-9)10(12)13/h1-2,4,7H,3,5H2,(H,12,13)(H2,11,14,15)/t7-/m0/s1. The largest absolute Gasteiger partial charge is 0.492 e. The van der Waals surface area contributed by atoms with Gasteiger partial charge in [-0.25, -0.2) is 13.6 Å². The molecule has 2 rings (SSSR count). The fraction of sp³-hybridized carbons (Fsp3) is 0.300. The first-order chi connectivity index (χ1) is 7.88. The van der Waals surface area contributed by atoms with Crippen LogP contribution < -0.4 is 9.88 Å². The van der Waals surface area contributed by atoms with Gasteiger partial charge in [-0.15, -0.1) is 0 Å². The summed E-state index contributed by atoms with van der Waals surface area (Å²) in [6, 6.07) is 4.20. The lowest BCUT2D eigenvalue weighted by Crippen LogP contribution is -2.28. The quantitative estimate of drug-likeness (QED) is 0.773. The predicted molar refractivity (Wildman–Crippen MR) is 58.1 cm³/mol. The molecular weight excluding hydrogens is 246 g/mol. The average molecular weight is 257 g/mol. The van der Waals surface area contributed by atoms with E-state index in [9.17, 15) is 13.2 Å². The van der Waals surface area contributed by atoms with Crippen molar-refractivity contribution < 1.29 is 23.1 Å². The normalized spacial score (nSPS) is 19.2. The van der Waals surface area contributed by atoms with Crippen LogP contribution >= 0.6 is 0 Å². The van der Waals surface area contributed by atoms with Gasteiger partial charge in [0.1, 0.15) is 12.4 Å². The number of hydrogen-bond acceptors (Lipinski definition) is 4. The molecule has 1 aliphatic rings. The summed E-state index contributed by atoms with van der Waals surface area (Å²) in [4.78, 5) is 10.8. The zero-order chi connectivity index (χ0) is 12.6. The summed E-state index contributed by atoms with van der Waals surface area (Å²) in [5.41, 5.74) is 0.551. The Morgan fingerprint density at radius 1 is 1.47 bits per heavy atom. The summed E-state index contributed by atoms with van der Waals surface area (Å²) in [6.45, 7) is 0.0943. The predicted octanol–water partition coefficient (Wildman–Crippen LogP) is -0.0303. The highest BCUT2D eigenvalue weighted by molar-refractivity contribution is 7.89. The number of hydrogen-bond donors (Lipinski definition) is 2. The highest BCUT2D eigenvalue weighted by Gasteiger charge is 2.26. The third-order valence-corrected chi connectivity index (χ3v) is 3.53. The van der Waals surface area contributed by atoms with Crippen LogP contribution in [0, 0.1) is 5.92 Å². The van der Waals surface area contributed by atoms with E-state index in [1.54, 1.807) is 0 Å². The van der Waals surface area contributed by atoms with Crippen molar-refractivity contribution in [3.63, 3.8) is 0 Å². The number of nitrogens with two attached hydrogens (primary N) is 1. The summed E-state index contributed by atoms with van der Waals surface area (Å²) >= 11 is 0. The Balaban J connectivity index is 2.39. The number of primary sulfonamides is 1. The fourth-order valence-corrected chi connectivity index (χ4v) is 2.27. The molecule has 0 radical (unpaired) electrons. The van der Waals surface area contributed by atoms with Crippen molar-refractivity contribution in [1.82, 2.24) is 0 Å². The summed E-state index contributed by atoms with van der Waals surface area (Å²) in [5, 5.41) is 13.9. The van der Waals surface area contributed by atoms with Crippen LogP contribution in [0.2, 0.25) is 0 Å². The molecule has 6 nitrogen and oxygen atoms in total. The molecule has 92 valence electrons. The van der Waals surface area contributed by atoms with Crippen molar-refractivity contribution in [2.45, 2.75) is 11.3 Å². The maximum absolute atomic E-state index is 11.2. The molecule has 1 aromatic rings. The van der Waals surface area contributed by atoms with E-state index in [0.29, 0.717) is 11.3 Å². The van der Waals surface area contributed by atoms with Gasteiger partial charge in [-0.05, 0) is 30.2 Å². The number of aliphatic carboxylic acids is 1. The van der Waals surface area contributed by atoms with Crippen LogP contribution in [0.3, 0.4) is 0 Å². The van der Waals surface area contributed by atoms with Gasteiger partial charge in [-0.2, -0.15) is 0 Å². The van der Waals surface area contributed by atoms with Gasteiger partial charge in [-0.3, -0.25) is 4.79 Å². The molecule has 3 N–H and O–H groups in total. The molecule has 0 saturated carbocycles. The molecular formula is C10H11NO5S. The number of carbonyl (C=O) groups is 1. The van der Waals surface area contributed by atoms with Crippen LogP contribution in [0.5, 0.6) is 5.75 Å². The first-order valence-corrected chi connectivity index (χ1v) is 6.44. The van der Waals surface area contributed by atoms with Gasteiger partial charge in [0.25, 0.3) is 0 Å². The van der Waals surface area contributed by atoms with Crippen molar-refractivity contribution in [2.75, 3.05) is 6.61 Å². The molecule has 1 aromatic carbocycles. The van der Waals surface area contributed by atoms with Crippen molar-refractivity contribution >= 4 is 16.0 Å². The molecule has 7 heteroatoms. The van der Waals surface area contributed by atoms with Crippen molar-refractivity contribution in [1.29, 1.82) is 0 Å². The number of fused-ring (bicyclic) bond motifs is 1. The summed E-state index contributed by atoms with van der Waals surface area (Å²) in [6.07, 6.45) is 0.244. The molecule has 0 fully saturated rings. The Morgan fingerprint density at radius 3 is 2.76 bits per heavy atom. The van der Waals surface area contributed by atoms with Gasteiger partial charge in [0.2, 0.25) is 10.0 Å². The molecule has 1 aliphatic heterocycles. The second-order valence-electron chi connectivity index (χ2n) is 3.86. The Labute approximate surface area is 98.1 Å². The lowest BCUT2D eigenvalue weighted by Gasteiger charge is -2.22. The molecule has 0 amide bonds. The van der Waals surface area contributed by atoms with Gasteiger partial charge in [0.05, 0.1) is 10.8 Å². The zero-order valence-corrected chi connectivity index (χ0v) is 9.61. The molecule has 17 heavy (non-hydrogen) atoms. The van der Waals surface area contributed by atoms with Crippen molar-refractivity contribution in [3.8, 4) is 5.75 Å². The van der Waals surface area contributed by atoms with E-state index in [2.05, 4.69) is 0 Å². The highest BCUT2D eigenvalue weighted by atomic mass is 32.2. The second-order valence-corrected chi connectivity index (χ2v) is 5.43. The number of rotatable bonds is 2. The number of carboxylic acid groups (broad SMARTS) is 1. The minimum absolute atomic E-state index is 0.0362.